The van der Waals surface area contributed by atoms with E-state index in [0.717, 1.165) is 31.2 Å². The first-order valence-electron chi connectivity index (χ1n) is 7.27. The Morgan fingerprint density at radius 3 is 2.73 bits per heavy atom. The standard InChI is InChI=1S/C15H18N2O4S/c1-22(20,21)16-15(19)12-8-14(18)17(9-12)13-6-5-10-3-2-4-11(10)7-13/h5-7,12H,2-4,8-9H2,1H3,(H,16,19). The molecule has 0 spiro atoms. The van der Waals surface area contributed by atoms with Crippen molar-refractivity contribution in [1.82, 2.24) is 4.72 Å². The highest BCUT2D eigenvalue weighted by Gasteiger charge is 2.36. The van der Waals surface area contributed by atoms with Gasteiger partial charge in [-0.3, -0.25) is 14.3 Å². The SMILES string of the molecule is CS(=O)(=O)NC(=O)C1CC(=O)N(c2ccc3c(c2)CCC3)C1. The van der Waals surface area contributed by atoms with Crippen molar-refractivity contribution in [3.8, 4) is 0 Å². The minimum absolute atomic E-state index is 0.0401. The molecule has 6 nitrogen and oxygen atoms in total. The summed E-state index contributed by atoms with van der Waals surface area (Å²) >= 11 is 0. The Labute approximate surface area is 129 Å². The lowest BCUT2D eigenvalue weighted by molar-refractivity contribution is -0.124. The van der Waals surface area contributed by atoms with Crippen LogP contribution in [0.1, 0.15) is 24.0 Å². The highest BCUT2D eigenvalue weighted by molar-refractivity contribution is 7.89. The summed E-state index contributed by atoms with van der Waals surface area (Å²) in [5, 5.41) is 0. The van der Waals surface area contributed by atoms with Gasteiger partial charge in [0.25, 0.3) is 0 Å². The smallest absolute Gasteiger partial charge is 0.238 e. The number of hydrogen-bond donors (Lipinski definition) is 1. The van der Waals surface area contributed by atoms with Gasteiger partial charge in [0.05, 0.1) is 12.2 Å². The normalized spacial score (nSPS) is 21.0. The summed E-state index contributed by atoms with van der Waals surface area (Å²) in [5.41, 5.74) is 3.37. The second-order valence-corrected chi connectivity index (χ2v) is 7.70. The third kappa shape index (κ3) is 2.99. The molecule has 1 aliphatic heterocycles. The lowest BCUT2D eigenvalue weighted by Gasteiger charge is -2.17. The topological polar surface area (TPSA) is 83.5 Å². The van der Waals surface area contributed by atoms with E-state index >= 15 is 0 Å². The van der Waals surface area contributed by atoms with E-state index in [2.05, 4.69) is 0 Å². The second kappa shape index (κ2) is 5.39. The molecule has 0 aromatic heterocycles. The van der Waals surface area contributed by atoms with Crippen molar-refractivity contribution in [3.63, 3.8) is 0 Å². The third-order valence-corrected chi connectivity index (χ3v) is 4.75. The van der Waals surface area contributed by atoms with Crippen LogP contribution < -0.4 is 9.62 Å². The zero-order chi connectivity index (χ0) is 15.9. The number of carbonyl (C=O) groups is 2. The minimum Gasteiger partial charge on any atom is -0.312 e. The summed E-state index contributed by atoms with van der Waals surface area (Å²) in [5.74, 6) is -1.39. The molecular formula is C15H18N2O4S. The van der Waals surface area contributed by atoms with Gasteiger partial charge < -0.3 is 4.90 Å². The summed E-state index contributed by atoms with van der Waals surface area (Å²) in [7, 11) is -3.60. The maximum Gasteiger partial charge on any atom is 0.238 e. The van der Waals surface area contributed by atoms with Crippen molar-refractivity contribution < 1.29 is 18.0 Å². The Balaban J connectivity index is 1.76. The van der Waals surface area contributed by atoms with Crippen molar-refractivity contribution in [3.05, 3.63) is 29.3 Å². The first-order valence-corrected chi connectivity index (χ1v) is 9.16. The third-order valence-electron chi connectivity index (χ3n) is 4.18. The number of fused-ring (bicyclic) bond motifs is 1. The van der Waals surface area contributed by atoms with Crippen molar-refractivity contribution in [2.45, 2.75) is 25.7 Å². The van der Waals surface area contributed by atoms with E-state index in [9.17, 15) is 18.0 Å². The average Bonchev–Trinajstić information content (AvgIpc) is 3.01. The van der Waals surface area contributed by atoms with E-state index in [-0.39, 0.29) is 18.9 Å². The number of nitrogens with one attached hydrogen (secondary N) is 1. The number of rotatable bonds is 3. The second-order valence-electron chi connectivity index (χ2n) is 5.95. The average molecular weight is 322 g/mol. The molecule has 118 valence electrons. The molecule has 1 atom stereocenters. The molecule has 3 rings (SSSR count). The zero-order valence-electron chi connectivity index (χ0n) is 12.3. The lowest BCUT2D eigenvalue weighted by atomic mass is 10.1. The number of hydrogen-bond acceptors (Lipinski definition) is 4. The molecule has 1 unspecified atom stereocenters. The van der Waals surface area contributed by atoms with Gasteiger partial charge in [0.1, 0.15) is 0 Å². The first kappa shape index (κ1) is 15.0. The van der Waals surface area contributed by atoms with Crippen LogP contribution in [0.5, 0.6) is 0 Å². The fourth-order valence-corrected chi connectivity index (χ4v) is 3.66. The van der Waals surface area contributed by atoms with Gasteiger partial charge in [0, 0.05) is 18.7 Å². The monoisotopic (exact) mass is 322 g/mol. The lowest BCUT2D eigenvalue weighted by Crippen LogP contribution is -2.36. The van der Waals surface area contributed by atoms with Crippen molar-refractivity contribution in [2.75, 3.05) is 17.7 Å². The number of anilines is 1. The molecule has 0 bridgehead atoms. The highest BCUT2D eigenvalue weighted by Crippen LogP contribution is 2.30. The molecule has 1 N–H and O–H groups in total. The van der Waals surface area contributed by atoms with Crippen LogP contribution in [0, 0.1) is 5.92 Å². The molecular weight excluding hydrogens is 304 g/mol. The Hall–Kier alpha value is -1.89. The predicted molar refractivity (Wildman–Crippen MR) is 81.9 cm³/mol. The Morgan fingerprint density at radius 1 is 1.27 bits per heavy atom. The van der Waals surface area contributed by atoms with Crippen LogP contribution in [0.4, 0.5) is 5.69 Å². The molecule has 0 saturated carbocycles. The maximum absolute atomic E-state index is 12.2. The summed E-state index contributed by atoms with van der Waals surface area (Å²) in [6.45, 7) is 0.221. The van der Waals surface area contributed by atoms with E-state index < -0.39 is 21.8 Å². The molecule has 1 heterocycles. The quantitative estimate of drug-likeness (QED) is 0.883. The molecule has 1 fully saturated rings. The number of carbonyl (C=O) groups excluding carboxylic acids is 2. The maximum atomic E-state index is 12.2. The number of nitrogens with zero attached hydrogens (tertiary/aromatic N) is 1. The van der Waals surface area contributed by atoms with E-state index in [1.165, 1.54) is 11.1 Å². The van der Waals surface area contributed by atoms with Crippen LogP contribution in [0.15, 0.2) is 18.2 Å². The van der Waals surface area contributed by atoms with Crippen LogP contribution in [0.2, 0.25) is 0 Å². The molecule has 1 aromatic carbocycles. The van der Waals surface area contributed by atoms with Crippen LogP contribution >= 0.6 is 0 Å². The fraction of sp³-hybridized carbons (Fsp3) is 0.467. The summed E-state index contributed by atoms with van der Waals surface area (Å²) in [4.78, 5) is 25.6. The van der Waals surface area contributed by atoms with Gasteiger partial charge in [0.15, 0.2) is 0 Å². The summed E-state index contributed by atoms with van der Waals surface area (Å²) in [6.07, 6.45) is 4.19. The van der Waals surface area contributed by atoms with Crippen LogP contribution in [-0.4, -0.2) is 33.0 Å². The van der Waals surface area contributed by atoms with Gasteiger partial charge in [-0.1, -0.05) is 6.07 Å². The Morgan fingerprint density at radius 2 is 2.00 bits per heavy atom. The van der Waals surface area contributed by atoms with Gasteiger partial charge in [-0.05, 0) is 42.5 Å². The minimum atomic E-state index is -3.60. The van der Waals surface area contributed by atoms with E-state index in [4.69, 9.17) is 0 Å². The number of amides is 2. The molecule has 1 aromatic rings. The van der Waals surface area contributed by atoms with Crippen molar-refractivity contribution >= 4 is 27.5 Å². The van der Waals surface area contributed by atoms with Gasteiger partial charge in [0.2, 0.25) is 21.8 Å². The van der Waals surface area contributed by atoms with Crippen LogP contribution in [0.3, 0.4) is 0 Å². The predicted octanol–water partition coefficient (Wildman–Crippen LogP) is 0.604. The van der Waals surface area contributed by atoms with Gasteiger partial charge in [-0.25, -0.2) is 8.42 Å². The summed E-state index contributed by atoms with van der Waals surface area (Å²) in [6, 6.07) is 5.95. The number of sulfonamides is 1. The van der Waals surface area contributed by atoms with Gasteiger partial charge in [-0.2, -0.15) is 0 Å². The van der Waals surface area contributed by atoms with Crippen LogP contribution in [-0.2, 0) is 32.5 Å². The summed E-state index contributed by atoms with van der Waals surface area (Å²) < 4.78 is 24.2. The van der Waals surface area contributed by atoms with Crippen molar-refractivity contribution in [1.29, 1.82) is 0 Å². The molecule has 7 heteroatoms. The molecule has 22 heavy (non-hydrogen) atoms. The molecule has 1 saturated heterocycles. The highest BCUT2D eigenvalue weighted by atomic mass is 32.2. The molecule has 2 aliphatic rings. The number of benzene rings is 1. The van der Waals surface area contributed by atoms with E-state index in [1.54, 1.807) is 4.90 Å². The Bertz CT molecular complexity index is 742. The zero-order valence-corrected chi connectivity index (χ0v) is 13.1. The molecule has 1 aliphatic carbocycles. The van der Waals surface area contributed by atoms with Gasteiger partial charge >= 0.3 is 0 Å². The van der Waals surface area contributed by atoms with E-state index in [0.29, 0.717) is 0 Å². The Kier molecular flexibility index (Phi) is 3.68. The number of aryl methyl sites for hydroxylation is 2. The van der Waals surface area contributed by atoms with E-state index in [1.807, 2.05) is 22.9 Å². The van der Waals surface area contributed by atoms with Crippen LogP contribution in [0.25, 0.3) is 0 Å². The molecule has 0 radical (unpaired) electrons. The largest absolute Gasteiger partial charge is 0.312 e. The van der Waals surface area contributed by atoms with Crippen molar-refractivity contribution in [2.24, 2.45) is 5.92 Å². The van der Waals surface area contributed by atoms with Gasteiger partial charge in [-0.15, -0.1) is 0 Å². The molecule has 2 amide bonds. The first-order chi connectivity index (χ1) is 10.3. The fourth-order valence-electron chi connectivity index (χ4n) is 3.12.